The lowest BCUT2D eigenvalue weighted by atomic mass is 9.97. The Morgan fingerprint density at radius 2 is 2.25 bits per heavy atom. The second kappa shape index (κ2) is 6.00. The third kappa shape index (κ3) is 3.33. The van der Waals surface area contributed by atoms with Gasteiger partial charge in [0.15, 0.2) is 0 Å². The van der Waals surface area contributed by atoms with E-state index in [1.54, 1.807) is 6.07 Å². The fourth-order valence-corrected chi connectivity index (χ4v) is 2.47. The first-order valence-electron chi connectivity index (χ1n) is 6.72. The van der Waals surface area contributed by atoms with Crippen LogP contribution in [0.15, 0.2) is 18.2 Å². The third-order valence-corrected chi connectivity index (χ3v) is 3.69. The zero-order chi connectivity index (χ0) is 14.7. The highest BCUT2D eigenvalue weighted by molar-refractivity contribution is 5.93. The fourth-order valence-electron chi connectivity index (χ4n) is 2.47. The molecule has 108 valence electrons. The minimum atomic E-state index is -0.455. The molecule has 0 bridgehead atoms. The van der Waals surface area contributed by atoms with Gasteiger partial charge in [-0.1, -0.05) is 6.07 Å². The largest absolute Gasteiger partial charge is 0.325 e. The van der Waals surface area contributed by atoms with Crippen LogP contribution in [-0.2, 0) is 4.79 Å². The molecule has 1 saturated heterocycles. The highest BCUT2D eigenvalue weighted by atomic mass is 16.6. The molecule has 1 aromatic rings. The molecule has 6 nitrogen and oxygen atoms in total. The van der Waals surface area contributed by atoms with Crippen molar-refractivity contribution < 1.29 is 9.72 Å². The Bertz CT molecular complexity index is 530. The van der Waals surface area contributed by atoms with Gasteiger partial charge in [0.25, 0.3) is 5.69 Å². The molecule has 0 aliphatic carbocycles. The molecule has 1 fully saturated rings. The molecule has 6 heteroatoms. The third-order valence-electron chi connectivity index (χ3n) is 3.69. The first kappa shape index (κ1) is 14.5. The molecule has 1 heterocycles. The van der Waals surface area contributed by atoms with E-state index in [1.165, 1.54) is 12.1 Å². The van der Waals surface area contributed by atoms with Crippen LogP contribution >= 0.6 is 0 Å². The highest BCUT2D eigenvalue weighted by Crippen LogP contribution is 2.24. The summed E-state index contributed by atoms with van der Waals surface area (Å²) in [6.45, 7) is 3.58. The Kier molecular flexibility index (Phi) is 4.34. The van der Waals surface area contributed by atoms with Crippen LogP contribution in [0.4, 0.5) is 11.4 Å². The lowest BCUT2D eigenvalue weighted by molar-refractivity contribution is -0.384. The molecular weight excluding hydrogens is 258 g/mol. The van der Waals surface area contributed by atoms with Crippen molar-refractivity contribution in [3.8, 4) is 0 Å². The smallest absolute Gasteiger partial charge is 0.271 e. The number of carbonyl (C=O) groups is 1. The van der Waals surface area contributed by atoms with E-state index in [2.05, 4.69) is 10.2 Å². The van der Waals surface area contributed by atoms with Crippen molar-refractivity contribution in [2.24, 2.45) is 5.92 Å². The molecule has 0 spiro atoms. The van der Waals surface area contributed by atoms with Crippen LogP contribution in [0.1, 0.15) is 18.4 Å². The van der Waals surface area contributed by atoms with Crippen molar-refractivity contribution in [1.29, 1.82) is 0 Å². The van der Waals surface area contributed by atoms with E-state index in [0.29, 0.717) is 5.69 Å². The van der Waals surface area contributed by atoms with E-state index < -0.39 is 4.92 Å². The van der Waals surface area contributed by atoms with Gasteiger partial charge >= 0.3 is 0 Å². The summed E-state index contributed by atoms with van der Waals surface area (Å²) < 4.78 is 0. The number of nitro benzene ring substituents is 1. The summed E-state index contributed by atoms with van der Waals surface area (Å²) in [5, 5.41) is 13.6. The molecule has 1 aromatic carbocycles. The number of nitrogens with zero attached hydrogens (tertiary/aromatic N) is 2. The maximum Gasteiger partial charge on any atom is 0.271 e. The fraction of sp³-hybridized carbons (Fsp3) is 0.500. The van der Waals surface area contributed by atoms with Crippen LogP contribution in [0, 0.1) is 23.0 Å². The number of piperidine rings is 1. The van der Waals surface area contributed by atoms with Gasteiger partial charge in [-0.2, -0.15) is 0 Å². The van der Waals surface area contributed by atoms with E-state index in [9.17, 15) is 14.9 Å². The van der Waals surface area contributed by atoms with E-state index >= 15 is 0 Å². The number of non-ortho nitro benzene ring substituents is 1. The van der Waals surface area contributed by atoms with Crippen molar-refractivity contribution in [3.05, 3.63) is 33.9 Å². The zero-order valence-corrected chi connectivity index (χ0v) is 11.8. The summed E-state index contributed by atoms with van der Waals surface area (Å²) in [4.78, 5) is 24.7. The molecule has 0 unspecified atom stereocenters. The van der Waals surface area contributed by atoms with Gasteiger partial charge in [0.05, 0.1) is 16.5 Å². The van der Waals surface area contributed by atoms with Gasteiger partial charge in [0.2, 0.25) is 5.91 Å². The lowest BCUT2D eigenvalue weighted by Gasteiger charge is -2.28. The topological polar surface area (TPSA) is 75.5 Å². The molecule has 1 aliphatic rings. The van der Waals surface area contributed by atoms with E-state index in [1.807, 2.05) is 14.0 Å². The van der Waals surface area contributed by atoms with Crippen LogP contribution in [-0.4, -0.2) is 35.9 Å². The summed E-state index contributed by atoms with van der Waals surface area (Å²) in [6.07, 6.45) is 1.87. The Balaban J connectivity index is 2.10. The molecular formula is C14H19N3O3. The minimum Gasteiger partial charge on any atom is -0.325 e. The number of rotatable bonds is 3. The SMILES string of the molecule is Cc1ccc([N+](=O)[O-])cc1NC(=O)[C@@H]1CCCN(C)C1. The summed E-state index contributed by atoms with van der Waals surface area (Å²) in [5.74, 6) is -0.104. The number of benzene rings is 1. The molecule has 1 atom stereocenters. The Labute approximate surface area is 117 Å². The van der Waals surface area contributed by atoms with E-state index in [0.717, 1.165) is 31.5 Å². The highest BCUT2D eigenvalue weighted by Gasteiger charge is 2.24. The molecule has 0 aromatic heterocycles. The first-order chi connectivity index (χ1) is 9.47. The van der Waals surface area contributed by atoms with Crippen LogP contribution in [0.25, 0.3) is 0 Å². The van der Waals surface area contributed by atoms with E-state index in [-0.39, 0.29) is 17.5 Å². The number of nitro groups is 1. The van der Waals surface area contributed by atoms with Gasteiger partial charge in [-0.3, -0.25) is 14.9 Å². The van der Waals surface area contributed by atoms with Gasteiger partial charge < -0.3 is 10.2 Å². The number of carbonyl (C=O) groups excluding carboxylic acids is 1. The van der Waals surface area contributed by atoms with Crippen molar-refractivity contribution >= 4 is 17.3 Å². The Morgan fingerprint density at radius 3 is 2.90 bits per heavy atom. The summed E-state index contributed by atoms with van der Waals surface area (Å²) in [6, 6.07) is 4.51. The normalized spacial score (nSPS) is 19.6. The van der Waals surface area contributed by atoms with Gasteiger partial charge in [0, 0.05) is 18.7 Å². The molecule has 20 heavy (non-hydrogen) atoms. The molecule has 2 rings (SSSR count). The monoisotopic (exact) mass is 277 g/mol. The number of anilines is 1. The number of aryl methyl sites for hydroxylation is 1. The van der Waals surface area contributed by atoms with Crippen LogP contribution in [0.3, 0.4) is 0 Å². The van der Waals surface area contributed by atoms with Gasteiger partial charge in [-0.25, -0.2) is 0 Å². The number of likely N-dealkylation sites (tertiary alicyclic amines) is 1. The van der Waals surface area contributed by atoms with Gasteiger partial charge in [0.1, 0.15) is 0 Å². The van der Waals surface area contributed by atoms with Crippen LogP contribution < -0.4 is 5.32 Å². The quantitative estimate of drug-likeness (QED) is 0.678. The van der Waals surface area contributed by atoms with Crippen LogP contribution in [0.5, 0.6) is 0 Å². The summed E-state index contributed by atoms with van der Waals surface area (Å²) in [5.41, 5.74) is 1.34. The number of hydrogen-bond acceptors (Lipinski definition) is 4. The average molecular weight is 277 g/mol. The Hall–Kier alpha value is -1.95. The minimum absolute atomic E-state index is 0.00772. The number of nitrogens with one attached hydrogen (secondary N) is 1. The maximum atomic E-state index is 12.2. The van der Waals surface area contributed by atoms with Crippen molar-refractivity contribution in [2.75, 3.05) is 25.5 Å². The second-order valence-corrected chi connectivity index (χ2v) is 5.35. The average Bonchev–Trinajstić information content (AvgIpc) is 2.41. The molecule has 1 amide bonds. The van der Waals surface area contributed by atoms with Crippen LogP contribution in [0.2, 0.25) is 0 Å². The van der Waals surface area contributed by atoms with Gasteiger partial charge in [-0.05, 0) is 38.9 Å². The van der Waals surface area contributed by atoms with Crippen molar-refractivity contribution in [2.45, 2.75) is 19.8 Å². The van der Waals surface area contributed by atoms with Crippen molar-refractivity contribution in [1.82, 2.24) is 4.90 Å². The predicted molar refractivity (Wildman–Crippen MR) is 76.7 cm³/mol. The molecule has 1 N–H and O–H groups in total. The van der Waals surface area contributed by atoms with Crippen molar-refractivity contribution in [3.63, 3.8) is 0 Å². The number of hydrogen-bond donors (Lipinski definition) is 1. The second-order valence-electron chi connectivity index (χ2n) is 5.35. The molecule has 0 saturated carbocycles. The maximum absolute atomic E-state index is 12.2. The van der Waals surface area contributed by atoms with E-state index in [4.69, 9.17) is 0 Å². The molecule has 0 radical (unpaired) electrons. The predicted octanol–water partition coefficient (Wildman–Crippen LogP) is 2.18. The zero-order valence-electron chi connectivity index (χ0n) is 11.8. The first-order valence-corrected chi connectivity index (χ1v) is 6.72. The van der Waals surface area contributed by atoms with Gasteiger partial charge in [-0.15, -0.1) is 0 Å². The molecule has 1 aliphatic heterocycles. The summed E-state index contributed by atoms with van der Waals surface area (Å²) >= 11 is 0. The lowest BCUT2D eigenvalue weighted by Crippen LogP contribution is -2.38. The standard InChI is InChI=1S/C14H19N3O3/c1-10-5-6-12(17(19)20)8-13(10)15-14(18)11-4-3-7-16(2)9-11/h5-6,8,11H,3-4,7,9H2,1-2H3,(H,15,18)/t11-/m1/s1. The summed E-state index contributed by atoms with van der Waals surface area (Å²) in [7, 11) is 2.00. The number of amides is 1. The Morgan fingerprint density at radius 1 is 1.50 bits per heavy atom.